The molecule has 0 aliphatic heterocycles. The van der Waals surface area contributed by atoms with Crippen molar-refractivity contribution in [1.29, 1.82) is 0 Å². The fourth-order valence-electron chi connectivity index (χ4n) is 2.00. The number of aryl methyl sites for hydroxylation is 2. The molecule has 0 saturated carbocycles. The molecule has 1 N–H and O–H groups in total. The van der Waals surface area contributed by atoms with Crippen molar-refractivity contribution >= 4 is 11.6 Å². The summed E-state index contributed by atoms with van der Waals surface area (Å²) >= 11 is 6.31. The van der Waals surface area contributed by atoms with Gasteiger partial charge in [-0.2, -0.15) is 5.10 Å². The topological polar surface area (TPSA) is 63.8 Å². The van der Waals surface area contributed by atoms with Crippen molar-refractivity contribution in [1.82, 2.24) is 19.7 Å². The van der Waals surface area contributed by atoms with Gasteiger partial charge in [-0.25, -0.2) is 9.97 Å². The minimum atomic E-state index is -0.702. The number of aromatic nitrogens is 4. The number of aliphatic hydroxyl groups is 1. The van der Waals surface area contributed by atoms with Crippen LogP contribution in [0.5, 0.6) is 0 Å². The maximum atomic E-state index is 10.2. The van der Waals surface area contributed by atoms with Crippen LogP contribution in [-0.4, -0.2) is 24.9 Å². The molecule has 2 aromatic rings. The van der Waals surface area contributed by atoms with Crippen LogP contribution in [-0.2, 0) is 19.4 Å². The summed E-state index contributed by atoms with van der Waals surface area (Å²) in [4.78, 5) is 7.89. The van der Waals surface area contributed by atoms with E-state index in [2.05, 4.69) is 15.1 Å². The minimum absolute atomic E-state index is 0.399. The molecule has 2 aromatic heterocycles. The molecule has 1 atom stereocenters. The van der Waals surface area contributed by atoms with E-state index in [0.717, 1.165) is 24.4 Å². The summed E-state index contributed by atoms with van der Waals surface area (Å²) < 4.78 is 1.84. The molecule has 5 nitrogen and oxygen atoms in total. The number of hydrogen-bond acceptors (Lipinski definition) is 4. The Bertz CT molecular complexity index is 541. The molecule has 0 bridgehead atoms. The molecule has 102 valence electrons. The van der Waals surface area contributed by atoms with E-state index >= 15 is 0 Å². The van der Waals surface area contributed by atoms with Crippen LogP contribution >= 0.6 is 11.6 Å². The van der Waals surface area contributed by atoms with Crippen LogP contribution in [0.25, 0.3) is 0 Å². The fraction of sp³-hybridized carbons (Fsp3) is 0.462. The number of hydrogen-bond donors (Lipinski definition) is 1. The minimum Gasteiger partial charge on any atom is -0.386 e. The van der Waals surface area contributed by atoms with Gasteiger partial charge in [0, 0.05) is 19.2 Å². The highest BCUT2D eigenvalue weighted by molar-refractivity contribution is 6.31. The molecular weight excluding hydrogens is 264 g/mol. The molecule has 1 unspecified atom stereocenters. The average Bonchev–Trinajstić information content (AvgIpc) is 2.76. The highest BCUT2D eigenvalue weighted by Crippen LogP contribution is 2.26. The highest BCUT2D eigenvalue weighted by Gasteiger charge is 2.19. The van der Waals surface area contributed by atoms with Crippen molar-refractivity contribution in [3.8, 4) is 0 Å². The van der Waals surface area contributed by atoms with Gasteiger partial charge in [-0.1, -0.05) is 18.5 Å². The van der Waals surface area contributed by atoms with Gasteiger partial charge in [-0.15, -0.1) is 0 Å². The second kappa shape index (κ2) is 6.12. The van der Waals surface area contributed by atoms with E-state index in [0.29, 0.717) is 17.1 Å². The Morgan fingerprint density at radius 2 is 2.21 bits per heavy atom. The second-order valence-electron chi connectivity index (χ2n) is 4.23. The smallest absolute Gasteiger partial charge is 0.115 e. The Balaban J connectivity index is 2.26. The van der Waals surface area contributed by atoms with Crippen LogP contribution in [0.1, 0.15) is 37.0 Å². The average molecular weight is 281 g/mol. The van der Waals surface area contributed by atoms with Gasteiger partial charge in [0.25, 0.3) is 0 Å². The van der Waals surface area contributed by atoms with Gasteiger partial charge < -0.3 is 5.11 Å². The molecule has 2 heterocycles. The van der Waals surface area contributed by atoms with Gasteiger partial charge in [0.05, 0.1) is 22.1 Å². The van der Waals surface area contributed by atoms with Crippen molar-refractivity contribution < 1.29 is 5.11 Å². The van der Waals surface area contributed by atoms with Gasteiger partial charge in [0.2, 0.25) is 0 Å². The van der Waals surface area contributed by atoms with Crippen LogP contribution in [0.15, 0.2) is 18.6 Å². The monoisotopic (exact) mass is 280 g/mol. The molecule has 2 rings (SSSR count). The first-order valence-corrected chi connectivity index (χ1v) is 6.73. The molecular formula is C13H17ClN4O. The van der Waals surface area contributed by atoms with Crippen molar-refractivity contribution in [2.45, 2.75) is 39.3 Å². The van der Waals surface area contributed by atoms with Gasteiger partial charge >= 0.3 is 0 Å². The predicted octanol–water partition coefficient (Wildman–Crippen LogP) is 2.18. The van der Waals surface area contributed by atoms with Gasteiger partial charge in [-0.05, 0) is 19.4 Å². The van der Waals surface area contributed by atoms with Crippen LogP contribution in [0.2, 0.25) is 5.02 Å². The summed E-state index contributed by atoms with van der Waals surface area (Å²) in [6.45, 7) is 4.74. The third-order valence-electron chi connectivity index (χ3n) is 3.03. The Hall–Kier alpha value is -1.46. The zero-order valence-electron chi connectivity index (χ0n) is 11.0. The molecule has 19 heavy (non-hydrogen) atoms. The number of nitrogens with zero attached hydrogens (tertiary/aromatic N) is 4. The first-order chi connectivity index (χ1) is 9.17. The zero-order valence-corrected chi connectivity index (χ0v) is 11.8. The summed E-state index contributed by atoms with van der Waals surface area (Å²) in [6.07, 6.45) is 3.52. The molecule has 0 amide bonds. The van der Waals surface area contributed by atoms with E-state index in [1.165, 1.54) is 6.33 Å². The maximum absolute atomic E-state index is 10.2. The SMILES string of the molecule is CCc1nn(CC)c(CC(O)c2ccncn2)c1Cl. The van der Waals surface area contributed by atoms with E-state index in [1.807, 2.05) is 18.5 Å². The summed E-state index contributed by atoms with van der Waals surface area (Å²) in [5.74, 6) is 0. The van der Waals surface area contributed by atoms with Crippen molar-refractivity contribution in [3.63, 3.8) is 0 Å². The lowest BCUT2D eigenvalue weighted by molar-refractivity contribution is 0.170. The Morgan fingerprint density at radius 1 is 1.42 bits per heavy atom. The van der Waals surface area contributed by atoms with Crippen molar-refractivity contribution in [3.05, 3.63) is 40.7 Å². The third-order valence-corrected chi connectivity index (χ3v) is 3.46. The largest absolute Gasteiger partial charge is 0.386 e. The van der Waals surface area contributed by atoms with Gasteiger partial charge in [-0.3, -0.25) is 4.68 Å². The van der Waals surface area contributed by atoms with E-state index in [1.54, 1.807) is 12.3 Å². The summed E-state index contributed by atoms with van der Waals surface area (Å²) in [6, 6.07) is 1.70. The Morgan fingerprint density at radius 3 is 2.79 bits per heavy atom. The Kier molecular flexibility index (Phi) is 4.50. The quantitative estimate of drug-likeness (QED) is 0.912. The lowest BCUT2D eigenvalue weighted by Crippen LogP contribution is -2.10. The van der Waals surface area contributed by atoms with E-state index in [4.69, 9.17) is 11.6 Å². The van der Waals surface area contributed by atoms with Crippen molar-refractivity contribution in [2.75, 3.05) is 0 Å². The first-order valence-electron chi connectivity index (χ1n) is 6.35. The molecule has 0 saturated heterocycles. The molecule has 0 aromatic carbocycles. The number of rotatable bonds is 5. The van der Waals surface area contributed by atoms with Gasteiger partial charge in [0.15, 0.2) is 0 Å². The predicted molar refractivity (Wildman–Crippen MR) is 73.0 cm³/mol. The lowest BCUT2D eigenvalue weighted by atomic mass is 10.1. The summed E-state index contributed by atoms with van der Waals surface area (Å²) in [5.41, 5.74) is 2.31. The van der Waals surface area contributed by atoms with E-state index < -0.39 is 6.10 Å². The molecule has 0 radical (unpaired) electrons. The second-order valence-corrected chi connectivity index (χ2v) is 4.61. The normalized spacial score (nSPS) is 12.6. The van der Waals surface area contributed by atoms with E-state index in [9.17, 15) is 5.11 Å². The summed E-state index contributed by atoms with van der Waals surface area (Å²) in [5, 5.41) is 15.3. The molecule has 0 spiro atoms. The van der Waals surface area contributed by atoms with Crippen LogP contribution in [0.4, 0.5) is 0 Å². The molecule has 0 aliphatic carbocycles. The Labute approximate surface area is 117 Å². The zero-order chi connectivity index (χ0) is 13.8. The third kappa shape index (κ3) is 2.93. The van der Waals surface area contributed by atoms with Crippen LogP contribution in [0, 0.1) is 0 Å². The molecule has 6 heteroatoms. The van der Waals surface area contributed by atoms with Crippen LogP contribution in [0.3, 0.4) is 0 Å². The first kappa shape index (κ1) is 14.0. The molecule has 0 fully saturated rings. The van der Waals surface area contributed by atoms with E-state index in [-0.39, 0.29) is 0 Å². The summed E-state index contributed by atoms with van der Waals surface area (Å²) in [7, 11) is 0. The van der Waals surface area contributed by atoms with Gasteiger partial charge in [0.1, 0.15) is 12.4 Å². The van der Waals surface area contributed by atoms with Crippen molar-refractivity contribution in [2.24, 2.45) is 0 Å². The number of aliphatic hydroxyl groups excluding tert-OH is 1. The lowest BCUT2D eigenvalue weighted by Gasteiger charge is -2.11. The van der Waals surface area contributed by atoms with Crippen LogP contribution < -0.4 is 0 Å². The maximum Gasteiger partial charge on any atom is 0.115 e. The standard InChI is InChI=1S/C13H17ClN4O/c1-3-9-13(14)11(18(4-2)17-9)7-12(19)10-5-6-15-8-16-10/h5-6,8,12,19H,3-4,7H2,1-2H3. The number of halogens is 1. The highest BCUT2D eigenvalue weighted by atomic mass is 35.5. The molecule has 0 aliphatic rings. The fourth-order valence-corrected chi connectivity index (χ4v) is 2.34.